The molecular formula is C20H16Cl3N5O4S. The van der Waals surface area contributed by atoms with Crippen molar-refractivity contribution >= 4 is 50.5 Å². The highest BCUT2D eigenvalue weighted by Crippen LogP contribution is 2.31. The maximum Gasteiger partial charge on any atom is 0.242 e. The number of aromatic nitrogens is 4. The number of nitrogens with zero attached hydrogens (tertiary/aromatic N) is 4. The van der Waals surface area contributed by atoms with Gasteiger partial charge in [-0.05, 0) is 30.3 Å². The van der Waals surface area contributed by atoms with E-state index in [1.807, 2.05) is 24.3 Å². The predicted octanol–water partition coefficient (Wildman–Crippen LogP) is 4.12. The number of sulfonamides is 1. The van der Waals surface area contributed by atoms with Gasteiger partial charge in [-0.1, -0.05) is 46.9 Å². The summed E-state index contributed by atoms with van der Waals surface area (Å²) in [5, 5.41) is 12.9. The van der Waals surface area contributed by atoms with E-state index in [1.54, 1.807) is 19.2 Å². The molecule has 0 atom stereocenters. The second kappa shape index (κ2) is 9.70. The first-order valence-electron chi connectivity index (χ1n) is 9.42. The number of hydrogen-bond acceptors (Lipinski definition) is 7. The smallest absolute Gasteiger partial charge is 0.242 e. The number of rotatable bonds is 8. The zero-order chi connectivity index (χ0) is 23.6. The summed E-state index contributed by atoms with van der Waals surface area (Å²) in [6, 6.07) is 13.1. The molecule has 33 heavy (non-hydrogen) atoms. The van der Waals surface area contributed by atoms with Crippen molar-refractivity contribution in [2.45, 2.75) is 4.90 Å². The molecule has 13 heteroatoms. The van der Waals surface area contributed by atoms with Crippen LogP contribution in [0.4, 0.5) is 0 Å². The topological polar surface area (TPSA) is 108 Å². The quantitative estimate of drug-likeness (QED) is 0.271. The lowest BCUT2D eigenvalue weighted by atomic mass is 10.2. The van der Waals surface area contributed by atoms with Crippen LogP contribution < -0.4 is 14.2 Å². The molecule has 4 aromatic rings. The van der Waals surface area contributed by atoms with Crippen molar-refractivity contribution in [3.63, 3.8) is 0 Å². The van der Waals surface area contributed by atoms with E-state index in [4.69, 9.17) is 44.3 Å². The Hall–Kier alpha value is -2.63. The summed E-state index contributed by atoms with van der Waals surface area (Å²) in [6.07, 6.45) is 0. The highest BCUT2D eigenvalue weighted by atomic mass is 35.5. The fourth-order valence-corrected chi connectivity index (χ4v) is 4.92. The van der Waals surface area contributed by atoms with E-state index in [9.17, 15) is 8.42 Å². The number of fused-ring (bicyclic) bond motifs is 1. The predicted molar refractivity (Wildman–Crippen MR) is 125 cm³/mol. The third-order valence-corrected chi connectivity index (χ3v) is 7.12. The molecule has 9 nitrogen and oxygen atoms in total. The van der Waals surface area contributed by atoms with Crippen molar-refractivity contribution in [3.05, 3.63) is 63.6 Å². The molecule has 0 aliphatic carbocycles. The van der Waals surface area contributed by atoms with Gasteiger partial charge in [-0.2, -0.15) is 4.52 Å². The SMILES string of the molecule is COc1cccc(-c2nnc3ccc(OCCNS(=O)(=O)c4cc(Cl)c(Cl)cc4Cl)nn23)c1. The Morgan fingerprint density at radius 2 is 1.79 bits per heavy atom. The van der Waals surface area contributed by atoms with Crippen molar-refractivity contribution in [1.82, 2.24) is 24.5 Å². The molecule has 0 amide bonds. The van der Waals surface area contributed by atoms with Gasteiger partial charge in [0.25, 0.3) is 0 Å². The largest absolute Gasteiger partial charge is 0.497 e. The van der Waals surface area contributed by atoms with E-state index < -0.39 is 10.0 Å². The summed E-state index contributed by atoms with van der Waals surface area (Å²) in [5.41, 5.74) is 1.29. The Morgan fingerprint density at radius 3 is 2.58 bits per heavy atom. The molecule has 2 aromatic heterocycles. The van der Waals surface area contributed by atoms with E-state index in [2.05, 4.69) is 20.0 Å². The molecule has 0 aliphatic rings. The molecule has 2 heterocycles. The van der Waals surface area contributed by atoms with Gasteiger partial charge in [0, 0.05) is 18.2 Å². The minimum atomic E-state index is -3.92. The van der Waals surface area contributed by atoms with Crippen molar-refractivity contribution in [1.29, 1.82) is 0 Å². The Kier molecular flexibility index (Phi) is 6.91. The molecule has 0 unspecified atom stereocenters. The van der Waals surface area contributed by atoms with Crippen LogP contribution >= 0.6 is 34.8 Å². The number of ether oxygens (including phenoxy) is 2. The summed E-state index contributed by atoms with van der Waals surface area (Å²) in [6.45, 7) is -0.0309. The minimum absolute atomic E-state index is 0.00724. The lowest BCUT2D eigenvalue weighted by molar-refractivity contribution is 0.306. The summed E-state index contributed by atoms with van der Waals surface area (Å²) >= 11 is 17.8. The number of methoxy groups -OCH3 is 1. The Bertz CT molecular complexity index is 1430. The molecule has 4 rings (SSSR count). The van der Waals surface area contributed by atoms with Crippen molar-refractivity contribution in [2.24, 2.45) is 0 Å². The van der Waals surface area contributed by atoms with Crippen LogP contribution in [0.5, 0.6) is 11.6 Å². The molecule has 2 aromatic carbocycles. The Balaban J connectivity index is 1.45. The molecule has 172 valence electrons. The van der Waals surface area contributed by atoms with Crippen LogP contribution in [-0.4, -0.2) is 48.5 Å². The van der Waals surface area contributed by atoms with Crippen LogP contribution in [0, 0.1) is 0 Å². The monoisotopic (exact) mass is 527 g/mol. The molecule has 0 spiro atoms. The summed E-state index contributed by atoms with van der Waals surface area (Å²) in [4.78, 5) is -0.175. The van der Waals surface area contributed by atoms with E-state index >= 15 is 0 Å². The Labute approximate surface area is 204 Å². The fourth-order valence-electron chi connectivity index (χ4n) is 2.91. The average Bonchev–Trinajstić information content (AvgIpc) is 3.22. The third kappa shape index (κ3) is 5.15. The van der Waals surface area contributed by atoms with Gasteiger partial charge in [0.15, 0.2) is 11.5 Å². The second-order valence-electron chi connectivity index (χ2n) is 6.64. The van der Waals surface area contributed by atoms with Gasteiger partial charge in [-0.15, -0.1) is 15.3 Å². The maximum atomic E-state index is 12.5. The second-order valence-corrected chi connectivity index (χ2v) is 9.60. The highest BCUT2D eigenvalue weighted by Gasteiger charge is 2.19. The molecule has 0 fully saturated rings. The lowest BCUT2D eigenvalue weighted by Gasteiger charge is -2.10. The highest BCUT2D eigenvalue weighted by molar-refractivity contribution is 7.89. The number of hydrogen-bond donors (Lipinski definition) is 1. The first kappa shape index (κ1) is 23.5. The zero-order valence-electron chi connectivity index (χ0n) is 17.0. The van der Waals surface area contributed by atoms with Gasteiger partial charge in [-0.25, -0.2) is 13.1 Å². The number of halogens is 3. The van der Waals surface area contributed by atoms with Crippen LogP contribution in [0.3, 0.4) is 0 Å². The van der Waals surface area contributed by atoms with E-state index in [-0.39, 0.29) is 39.0 Å². The first-order valence-corrected chi connectivity index (χ1v) is 12.0. The first-order chi connectivity index (χ1) is 15.8. The van der Waals surface area contributed by atoms with Gasteiger partial charge < -0.3 is 9.47 Å². The summed E-state index contributed by atoms with van der Waals surface area (Å²) in [5.74, 6) is 1.44. The summed E-state index contributed by atoms with van der Waals surface area (Å²) in [7, 11) is -2.34. The van der Waals surface area contributed by atoms with Gasteiger partial charge >= 0.3 is 0 Å². The molecule has 0 saturated heterocycles. The molecule has 0 bridgehead atoms. The van der Waals surface area contributed by atoms with Crippen molar-refractivity contribution in [3.8, 4) is 23.0 Å². The summed E-state index contributed by atoms with van der Waals surface area (Å²) < 4.78 is 39.8. The average molecular weight is 529 g/mol. The van der Waals surface area contributed by atoms with Crippen LogP contribution in [0.15, 0.2) is 53.4 Å². The van der Waals surface area contributed by atoms with Crippen molar-refractivity contribution < 1.29 is 17.9 Å². The molecular weight excluding hydrogens is 513 g/mol. The van der Waals surface area contributed by atoms with Crippen LogP contribution in [0.25, 0.3) is 17.0 Å². The fraction of sp³-hybridized carbons (Fsp3) is 0.150. The number of benzene rings is 2. The number of nitrogens with one attached hydrogen (secondary N) is 1. The zero-order valence-corrected chi connectivity index (χ0v) is 20.1. The van der Waals surface area contributed by atoms with Gasteiger partial charge in [0.1, 0.15) is 17.3 Å². The molecule has 0 aliphatic heterocycles. The van der Waals surface area contributed by atoms with Crippen LogP contribution in [-0.2, 0) is 10.0 Å². The van der Waals surface area contributed by atoms with Crippen LogP contribution in [0.1, 0.15) is 0 Å². The van der Waals surface area contributed by atoms with E-state index in [0.29, 0.717) is 17.2 Å². The van der Waals surface area contributed by atoms with E-state index in [0.717, 1.165) is 5.56 Å². The van der Waals surface area contributed by atoms with Gasteiger partial charge in [0.05, 0.1) is 22.2 Å². The standard InChI is InChI=1S/C20H16Cl3N5O4S/c1-31-13-4-2-3-12(9-13)20-26-25-18-5-6-19(27-28(18)20)32-8-7-24-33(29,30)17-11-15(22)14(21)10-16(17)23/h2-6,9-11,24H,7-8H2,1H3. The van der Waals surface area contributed by atoms with Crippen LogP contribution in [0.2, 0.25) is 15.1 Å². The molecule has 0 radical (unpaired) electrons. The maximum absolute atomic E-state index is 12.5. The third-order valence-electron chi connectivity index (χ3n) is 4.47. The normalized spacial score (nSPS) is 11.6. The minimum Gasteiger partial charge on any atom is -0.497 e. The van der Waals surface area contributed by atoms with E-state index in [1.165, 1.54) is 16.6 Å². The van der Waals surface area contributed by atoms with Gasteiger partial charge in [-0.3, -0.25) is 0 Å². The molecule has 0 saturated carbocycles. The lowest BCUT2D eigenvalue weighted by Crippen LogP contribution is -2.28. The van der Waals surface area contributed by atoms with Gasteiger partial charge in [0.2, 0.25) is 15.9 Å². The van der Waals surface area contributed by atoms with Crippen molar-refractivity contribution in [2.75, 3.05) is 20.3 Å². The Morgan fingerprint density at radius 1 is 1.00 bits per heavy atom. The molecule has 1 N–H and O–H groups in total.